The van der Waals surface area contributed by atoms with Gasteiger partial charge in [-0.05, 0) is 42.7 Å². The molecule has 2 aromatic rings. The van der Waals surface area contributed by atoms with E-state index in [9.17, 15) is 13.2 Å². The topological polar surface area (TPSA) is 84.9 Å². The summed E-state index contributed by atoms with van der Waals surface area (Å²) in [6, 6.07) is 12.0. The number of anilines is 1. The van der Waals surface area contributed by atoms with Crippen LogP contribution < -0.4 is 14.8 Å². The molecular formula is C24H34N2O5S. The third kappa shape index (κ3) is 6.97. The molecule has 7 nitrogen and oxygen atoms in total. The highest BCUT2D eigenvalue weighted by atomic mass is 32.2. The summed E-state index contributed by atoms with van der Waals surface area (Å²) in [4.78, 5) is 12.8. The Morgan fingerprint density at radius 1 is 1.03 bits per heavy atom. The maximum absolute atomic E-state index is 12.6. The number of amides is 1. The van der Waals surface area contributed by atoms with Gasteiger partial charge in [0.05, 0.1) is 24.3 Å². The molecule has 0 aliphatic rings. The normalized spacial score (nSPS) is 11.4. The van der Waals surface area contributed by atoms with Gasteiger partial charge in [-0.25, -0.2) is 8.42 Å². The monoisotopic (exact) mass is 462 g/mol. The molecule has 0 aliphatic heterocycles. The third-order valence-corrected chi connectivity index (χ3v) is 7.19. The molecule has 0 bridgehead atoms. The summed E-state index contributed by atoms with van der Waals surface area (Å²) in [5.74, 6) is 1.09. The number of sulfonamides is 1. The van der Waals surface area contributed by atoms with E-state index < -0.39 is 10.0 Å². The van der Waals surface area contributed by atoms with Crippen LogP contribution in [0.4, 0.5) is 5.69 Å². The van der Waals surface area contributed by atoms with Gasteiger partial charge in [0.15, 0.2) is 0 Å². The lowest BCUT2D eigenvalue weighted by Gasteiger charge is -2.18. The summed E-state index contributed by atoms with van der Waals surface area (Å²) >= 11 is 0. The average Bonchev–Trinajstić information content (AvgIpc) is 2.79. The van der Waals surface area contributed by atoms with Crippen molar-refractivity contribution in [2.45, 2.75) is 51.3 Å². The molecule has 0 fully saturated rings. The fraction of sp³-hybridized carbons (Fsp3) is 0.458. The highest BCUT2D eigenvalue weighted by Crippen LogP contribution is 2.29. The Kier molecular flexibility index (Phi) is 9.99. The number of nitrogens with zero attached hydrogens (tertiary/aromatic N) is 1. The number of carbonyl (C=O) groups excluding carboxylic acids is 1. The number of ether oxygens (including phenoxy) is 2. The summed E-state index contributed by atoms with van der Waals surface area (Å²) in [6.07, 6.45) is 2.70. The van der Waals surface area contributed by atoms with Crippen molar-refractivity contribution in [3.63, 3.8) is 0 Å². The van der Waals surface area contributed by atoms with Crippen LogP contribution in [-0.2, 0) is 21.2 Å². The molecular weight excluding hydrogens is 428 g/mol. The predicted octanol–water partition coefficient (Wildman–Crippen LogP) is 4.48. The van der Waals surface area contributed by atoms with Gasteiger partial charge in [0.1, 0.15) is 11.5 Å². The number of nitrogens with one attached hydrogen (secondary N) is 1. The first-order chi connectivity index (χ1) is 15.3. The third-order valence-electron chi connectivity index (χ3n) is 5.12. The van der Waals surface area contributed by atoms with Gasteiger partial charge < -0.3 is 14.8 Å². The zero-order chi connectivity index (χ0) is 23.6. The Hall–Kier alpha value is -2.58. The Morgan fingerprint density at radius 2 is 1.72 bits per heavy atom. The first-order valence-corrected chi connectivity index (χ1v) is 12.5. The molecule has 0 saturated carbocycles. The van der Waals surface area contributed by atoms with Crippen LogP contribution in [0.15, 0.2) is 47.4 Å². The zero-order valence-corrected chi connectivity index (χ0v) is 20.2. The summed E-state index contributed by atoms with van der Waals surface area (Å²) in [6.45, 7) is 7.15. The van der Waals surface area contributed by atoms with Crippen molar-refractivity contribution in [2.24, 2.45) is 0 Å². The summed E-state index contributed by atoms with van der Waals surface area (Å²) < 4.78 is 37.7. The Morgan fingerprint density at radius 3 is 2.31 bits per heavy atom. The molecule has 32 heavy (non-hydrogen) atoms. The number of hydrogen-bond donors (Lipinski definition) is 1. The molecule has 0 spiro atoms. The number of benzene rings is 2. The van der Waals surface area contributed by atoms with Crippen molar-refractivity contribution in [2.75, 3.05) is 32.1 Å². The second-order valence-corrected chi connectivity index (χ2v) is 9.28. The van der Waals surface area contributed by atoms with Crippen molar-refractivity contribution in [3.05, 3.63) is 48.0 Å². The van der Waals surface area contributed by atoms with Crippen molar-refractivity contribution >= 4 is 21.6 Å². The first-order valence-electron chi connectivity index (χ1n) is 11.0. The van der Waals surface area contributed by atoms with Crippen molar-refractivity contribution in [1.82, 2.24) is 4.31 Å². The van der Waals surface area contributed by atoms with E-state index in [2.05, 4.69) is 12.2 Å². The quantitative estimate of drug-likeness (QED) is 0.444. The van der Waals surface area contributed by atoms with Crippen LogP contribution in [0, 0.1) is 0 Å². The fourth-order valence-corrected chi connectivity index (χ4v) is 4.66. The lowest BCUT2D eigenvalue weighted by Crippen LogP contribution is -2.30. The molecule has 2 rings (SSSR count). The van der Waals surface area contributed by atoms with Crippen LogP contribution in [0.3, 0.4) is 0 Å². The van der Waals surface area contributed by atoms with E-state index in [1.165, 1.54) is 4.31 Å². The summed E-state index contributed by atoms with van der Waals surface area (Å²) in [5, 5.41) is 2.90. The second-order valence-electron chi connectivity index (χ2n) is 7.35. The average molecular weight is 463 g/mol. The molecule has 0 aromatic heterocycles. The molecule has 2 aromatic carbocycles. The van der Waals surface area contributed by atoms with E-state index in [0.29, 0.717) is 43.3 Å². The van der Waals surface area contributed by atoms with Gasteiger partial charge in [-0.2, -0.15) is 4.31 Å². The Labute approximate surface area is 191 Å². The minimum absolute atomic E-state index is 0.154. The van der Waals surface area contributed by atoms with E-state index in [4.69, 9.17) is 9.47 Å². The van der Waals surface area contributed by atoms with E-state index in [-0.39, 0.29) is 17.2 Å². The number of hydrogen-bond acceptors (Lipinski definition) is 5. The molecule has 0 atom stereocenters. The van der Waals surface area contributed by atoms with Gasteiger partial charge in [0.2, 0.25) is 15.9 Å². The van der Waals surface area contributed by atoms with E-state index in [1.54, 1.807) is 49.6 Å². The highest BCUT2D eigenvalue weighted by molar-refractivity contribution is 7.89. The van der Waals surface area contributed by atoms with Crippen LogP contribution in [0.5, 0.6) is 11.5 Å². The van der Waals surface area contributed by atoms with Gasteiger partial charge in [0.25, 0.3) is 0 Å². The lowest BCUT2D eigenvalue weighted by molar-refractivity contribution is -0.116. The standard InChI is InChI=1S/C24H34N2O5S/c1-5-8-17-31-23-15-12-20(30-4)18-22(23)25-24(27)16-11-19-9-13-21(14-10-19)32(28,29)26(6-2)7-3/h9-10,12-15,18H,5-8,11,16-17H2,1-4H3,(H,25,27). The maximum atomic E-state index is 12.6. The highest BCUT2D eigenvalue weighted by Gasteiger charge is 2.21. The Bertz CT molecular complexity index is 970. The van der Waals surface area contributed by atoms with Crippen molar-refractivity contribution in [1.29, 1.82) is 0 Å². The number of rotatable bonds is 13. The largest absolute Gasteiger partial charge is 0.497 e. The molecule has 0 heterocycles. The van der Waals surface area contributed by atoms with E-state index in [0.717, 1.165) is 18.4 Å². The molecule has 0 radical (unpaired) electrons. The molecule has 1 amide bonds. The van der Waals surface area contributed by atoms with Crippen LogP contribution in [0.25, 0.3) is 0 Å². The molecule has 0 aliphatic carbocycles. The maximum Gasteiger partial charge on any atom is 0.243 e. The van der Waals surface area contributed by atoms with Crippen LogP contribution in [0.1, 0.15) is 45.6 Å². The first kappa shape index (κ1) is 25.7. The fourth-order valence-electron chi connectivity index (χ4n) is 3.20. The van der Waals surface area contributed by atoms with Crippen molar-refractivity contribution in [3.8, 4) is 11.5 Å². The lowest BCUT2D eigenvalue weighted by atomic mass is 10.1. The minimum Gasteiger partial charge on any atom is -0.497 e. The number of methoxy groups -OCH3 is 1. The Balaban J connectivity index is 2.01. The van der Waals surface area contributed by atoms with E-state index >= 15 is 0 Å². The number of unbranched alkanes of at least 4 members (excludes halogenated alkanes) is 1. The molecule has 1 N–H and O–H groups in total. The SMILES string of the molecule is CCCCOc1ccc(OC)cc1NC(=O)CCc1ccc(S(=O)(=O)N(CC)CC)cc1. The van der Waals surface area contributed by atoms with Crippen LogP contribution in [0.2, 0.25) is 0 Å². The van der Waals surface area contributed by atoms with Gasteiger partial charge >= 0.3 is 0 Å². The van der Waals surface area contributed by atoms with E-state index in [1.807, 2.05) is 13.8 Å². The van der Waals surface area contributed by atoms with Crippen LogP contribution in [-0.4, -0.2) is 45.4 Å². The predicted molar refractivity (Wildman–Crippen MR) is 127 cm³/mol. The zero-order valence-electron chi connectivity index (χ0n) is 19.4. The minimum atomic E-state index is -3.48. The summed E-state index contributed by atoms with van der Waals surface area (Å²) in [7, 11) is -1.91. The number of carbonyl (C=O) groups is 1. The van der Waals surface area contributed by atoms with Gasteiger partial charge in [-0.3, -0.25) is 4.79 Å². The van der Waals surface area contributed by atoms with Gasteiger partial charge in [0, 0.05) is 25.6 Å². The van der Waals surface area contributed by atoms with Gasteiger partial charge in [-0.1, -0.05) is 39.3 Å². The molecule has 8 heteroatoms. The smallest absolute Gasteiger partial charge is 0.243 e. The van der Waals surface area contributed by atoms with Crippen LogP contribution >= 0.6 is 0 Å². The number of aryl methyl sites for hydroxylation is 1. The van der Waals surface area contributed by atoms with Gasteiger partial charge in [-0.15, -0.1) is 0 Å². The molecule has 0 unspecified atom stereocenters. The summed E-state index contributed by atoms with van der Waals surface area (Å²) in [5.41, 5.74) is 1.47. The molecule has 0 saturated heterocycles. The molecule has 176 valence electrons. The second kappa shape index (κ2) is 12.5. The van der Waals surface area contributed by atoms with Crippen molar-refractivity contribution < 1.29 is 22.7 Å².